The minimum absolute atomic E-state index is 0.183. The van der Waals surface area contributed by atoms with Gasteiger partial charge in [-0.1, -0.05) is 26.0 Å². The van der Waals surface area contributed by atoms with Gasteiger partial charge in [0.15, 0.2) is 0 Å². The number of carboxylic acid groups (broad SMARTS) is 1. The zero-order chi connectivity index (χ0) is 16.3. The van der Waals surface area contributed by atoms with Crippen molar-refractivity contribution in [3.05, 3.63) is 24.3 Å². The average molecular weight is 306 g/mol. The van der Waals surface area contributed by atoms with Crippen LogP contribution in [0.25, 0.3) is 0 Å². The summed E-state index contributed by atoms with van der Waals surface area (Å²) >= 11 is 0. The Kier molecular flexibility index (Phi) is 4.68. The lowest BCUT2D eigenvalue weighted by atomic mass is 9.89. The Balaban J connectivity index is 1.91. The van der Waals surface area contributed by atoms with Crippen LogP contribution in [0.2, 0.25) is 0 Å². The SMILES string of the molecule is CC1(C)C=CC(=O)N(C(=O)C=CC2CCN(C(=O)O)CC2)C1. The molecule has 120 valence electrons. The van der Waals surface area contributed by atoms with Crippen molar-refractivity contribution in [3.63, 3.8) is 0 Å². The van der Waals surface area contributed by atoms with E-state index in [1.165, 1.54) is 22.0 Å². The fourth-order valence-corrected chi connectivity index (χ4v) is 2.70. The molecule has 2 heterocycles. The molecule has 2 aliphatic rings. The van der Waals surface area contributed by atoms with Crippen molar-refractivity contribution in [2.75, 3.05) is 19.6 Å². The number of carbonyl (C=O) groups excluding carboxylic acids is 2. The highest BCUT2D eigenvalue weighted by Crippen LogP contribution is 2.24. The van der Waals surface area contributed by atoms with Crippen molar-refractivity contribution >= 4 is 17.9 Å². The number of carbonyl (C=O) groups is 3. The molecule has 0 aromatic rings. The molecule has 6 heteroatoms. The first-order valence-electron chi connectivity index (χ1n) is 7.49. The zero-order valence-electron chi connectivity index (χ0n) is 13.0. The Labute approximate surface area is 130 Å². The molecular weight excluding hydrogens is 284 g/mol. The average Bonchev–Trinajstić information content (AvgIpc) is 2.47. The van der Waals surface area contributed by atoms with Gasteiger partial charge in [-0.2, -0.15) is 0 Å². The molecule has 0 bridgehead atoms. The van der Waals surface area contributed by atoms with Gasteiger partial charge < -0.3 is 10.0 Å². The molecule has 3 amide bonds. The maximum Gasteiger partial charge on any atom is 0.407 e. The lowest BCUT2D eigenvalue weighted by Crippen LogP contribution is -2.43. The second kappa shape index (κ2) is 6.34. The number of amides is 3. The Morgan fingerprint density at radius 2 is 1.95 bits per heavy atom. The molecule has 0 spiro atoms. The van der Waals surface area contributed by atoms with Crippen LogP contribution in [-0.4, -0.2) is 52.4 Å². The summed E-state index contributed by atoms with van der Waals surface area (Å²) in [4.78, 5) is 37.5. The van der Waals surface area contributed by atoms with Gasteiger partial charge in [-0.05, 0) is 24.8 Å². The highest BCUT2D eigenvalue weighted by Gasteiger charge is 2.30. The van der Waals surface area contributed by atoms with E-state index in [2.05, 4.69) is 0 Å². The standard InChI is InChI=1S/C16H22N2O4/c1-16(2)8-5-14(20)18(11-16)13(19)4-3-12-6-9-17(10-7-12)15(21)22/h3-5,8,12H,6-7,9-11H2,1-2H3,(H,21,22). The molecule has 2 rings (SSSR count). The van der Waals surface area contributed by atoms with Crippen LogP contribution in [0.4, 0.5) is 4.79 Å². The molecule has 0 aliphatic carbocycles. The molecule has 1 fully saturated rings. The Morgan fingerprint density at radius 1 is 1.32 bits per heavy atom. The van der Waals surface area contributed by atoms with Crippen LogP contribution in [0.3, 0.4) is 0 Å². The summed E-state index contributed by atoms with van der Waals surface area (Å²) in [6.07, 6.45) is 7.04. The van der Waals surface area contributed by atoms with Gasteiger partial charge in [0.25, 0.3) is 11.8 Å². The molecule has 0 atom stereocenters. The van der Waals surface area contributed by atoms with E-state index >= 15 is 0 Å². The summed E-state index contributed by atoms with van der Waals surface area (Å²) in [5.41, 5.74) is -0.204. The summed E-state index contributed by atoms with van der Waals surface area (Å²) in [5.74, 6) is -0.402. The molecule has 0 aromatic carbocycles. The summed E-state index contributed by atoms with van der Waals surface area (Å²) in [5, 5.41) is 8.89. The van der Waals surface area contributed by atoms with Crippen molar-refractivity contribution < 1.29 is 19.5 Å². The van der Waals surface area contributed by atoms with E-state index in [0.717, 1.165) is 0 Å². The first-order chi connectivity index (χ1) is 10.3. The number of hydrogen-bond acceptors (Lipinski definition) is 3. The third-order valence-corrected chi connectivity index (χ3v) is 4.10. The second-order valence-electron chi connectivity index (χ2n) is 6.55. The minimum atomic E-state index is -0.897. The van der Waals surface area contributed by atoms with Crippen LogP contribution < -0.4 is 0 Å². The van der Waals surface area contributed by atoms with Gasteiger partial charge in [0, 0.05) is 31.1 Å². The van der Waals surface area contributed by atoms with Crippen LogP contribution in [0.5, 0.6) is 0 Å². The molecule has 0 aromatic heterocycles. The van der Waals surface area contributed by atoms with E-state index in [1.54, 1.807) is 6.08 Å². The summed E-state index contributed by atoms with van der Waals surface area (Å²) in [6.45, 7) is 5.29. The topological polar surface area (TPSA) is 77.9 Å². The van der Waals surface area contributed by atoms with E-state index < -0.39 is 6.09 Å². The number of likely N-dealkylation sites (tertiary alicyclic amines) is 1. The number of nitrogens with zero attached hydrogens (tertiary/aromatic N) is 2. The molecular formula is C16H22N2O4. The van der Waals surface area contributed by atoms with Gasteiger partial charge in [-0.3, -0.25) is 14.5 Å². The lowest BCUT2D eigenvalue weighted by Gasteiger charge is -2.32. The van der Waals surface area contributed by atoms with E-state index in [-0.39, 0.29) is 23.1 Å². The van der Waals surface area contributed by atoms with Gasteiger partial charge in [0.2, 0.25) is 0 Å². The Bertz CT molecular complexity index is 528. The first-order valence-corrected chi connectivity index (χ1v) is 7.49. The first kappa shape index (κ1) is 16.3. The van der Waals surface area contributed by atoms with Gasteiger partial charge in [0.05, 0.1) is 0 Å². The van der Waals surface area contributed by atoms with Crippen molar-refractivity contribution in [3.8, 4) is 0 Å². The van der Waals surface area contributed by atoms with E-state index in [4.69, 9.17) is 5.11 Å². The third-order valence-electron chi connectivity index (χ3n) is 4.10. The fourth-order valence-electron chi connectivity index (χ4n) is 2.70. The molecule has 1 saturated heterocycles. The third kappa shape index (κ3) is 3.96. The Hall–Kier alpha value is -2.11. The van der Waals surface area contributed by atoms with Crippen LogP contribution in [0.1, 0.15) is 26.7 Å². The summed E-state index contributed by atoms with van der Waals surface area (Å²) in [6, 6.07) is 0. The molecule has 0 radical (unpaired) electrons. The van der Waals surface area contributed by atoms with Crippen LogP contribution >= 0.6 is 0 Å². The van der Waals surface area contributed by atoms with Crippen LogP contribution in [-0.2, 0) is 9.59 Å². The maximum atomic E-state index is 12.2. The largest absolute Gasteiger partial charge is 0.465 e. The molecule has 1 N–H and O–H groups in total. The van der Waals surface area contributed by atoms with E-state index in [1.807, 2.05) is 19.9 Å². The number of piperidine rings is 1. The molecule has 2 aliphatic heterocycles. The second-order valence-corrected chi connectivity index (χ2v) is 6.55. The Morgan fingerprint density at radius 3 is 2.55 bits per heavy atom. The maximum absolute atomic E-state index is 12.2. The normalized spacial score (nSPS) is 22.4. The minimum Gasteiger partial charge on any atom is -0.465 e. The predicted molar refractivity (Wildman–Crippen MR) is 81.1 cm³/mol. The molecule has 0 unspecified atom stereocenters. The molecule has 6 nitrogen and oxygen atoms in total. The van der Waals surface area contributed by atoms with E-state index in [9.17, 15) is 14.4 Å². The van der Waals surface area contributed by atoms with Gasteiger partial charge in [0.1, 0.15) is 0 Å². The predicted octanol–water partition coefficient (Wildman–Crippen LogP) is 1.88. The van der Waals surface area contributed by atoms with Crippen LogP contribution in [0, 0.1) is 11.3 Å². The zero-order valence-corrected chi connectivity index (χ0v) is 13.0. The highest BCUT2D eigenvalue weighted by molar-refractivity contribution is 6.05. The smallest absolute Gasteiger partial charge is 0.407 e. The van der Waals surface area contributed by atoms with Crippen molar-refractivity contribution in [1.82, 2.24) is 9.80 Å². The van der Waals surface area contributed by atoms with E-state index in [0.29, 0.717) is 32.5 Å². The van der Waals surface area contributed by atoms with Gasteiger partial charge >= 0.3 is 6.09 Å². The molecule has 0 saturated carbocycles. The number of hydrogen-bond donors (Lipinski definition) is 1. The number of rotatable bonds is 2. The summed E-state index contributed by atoms with van der Waals surface area (Å²) in [7, 11) is 0. The number of allylic oxidation sites excluding steroid dienone is 1. The van der Waals surface area contributed by atoms with Crippen LogP contribution in [0.15, 0.2) is 24.3 Å². The van der Waals surface area contributed by atoms with Crippen molar-refractivity contribution in [2.45, 2.75) is 26.7 Å². The van der Waals surface area contributed by atoms with Crippen molar-refractivity contribution in [1.29, 1.82) is 0 Å². The highest BCUT2D eigenvalue weighted by atomic mass is 16.4. The lowest BCUT2D eigenvalue weighted by molar-refractivity contribution is -0.140. The summed E-state index contributed by atoms with van der Waals surface area (Å²) < 4.78 is 0. The van der Waals surface area contributed by atoms with Gasteiger partial charge in [-0.25, -0.2) is 4.79 Å². The number of imide groups is 1. The monoisotopic (exact) mass is 306 g/mol. The van der Waals surface area contributed by atoms with Gasteiger partial charge in [-0.15, -0.1) is 0 Å². The van der Waals surface area contributed by atoms with Crippen molar-refractivity contribution in [2.24, 2.45) is 11.3 Å². The fraction of sp³-hybridized carbons (Fsp3) is 0.562. The quantitative estimate of drug-likeness (QED) is 0.790. The molecule has 22 heavy (non-hydrogen) atoms.